The first-order valence-electron chi connectivity index (χ1n) is 21.3. The number of nitrogens with zero attached hydrogens (tertiary/aromatic N) is 1. The summed E-state index contributed by atoms with van der Waals surface area (Å²) >= 11 is 0. The van der Waals surface area contributed by atoms with Crippen LogP contribution in [0.1, 0.15) is 181 Å². The Morgan fingerprint density at radius 1 is 0.585 bits per heavy atom. The Bertz CT molecular complexity index is 983. The average molecular weight is 770 g/mol. The van der Waals surface area contributed by atoms with Gasteiger partial charge in [-0.1, -0.05) is 134 Å². The van der Waals surface area contributed by atoms with Crippen molar-refractivity contribution >= 4 is 19.8 Å². The number of likely N-dealkylation sites (N-methyl/N-ethyl adjacent to an activating group) is 1. The van der Waals surface area contributed by atoms with Gasteiger partial charge < -0.3 is 19.3 Å². The van der Waals surface area contributed by atoms with E-state index in [1.54, 1.807) is 0 Å². The van der Waals surface area contributed by atoms with Gasteiger partial charge >= 0.3 is 19.8 Å². The molecule has 0 saturated heterocycles. The molecule has 1 N–H and O–H groups in total. The van der Waals surface area contributed by atoms with E-state index in [4.69, 9.17) is 18.5 Å². The zero-order valence-electron chi connectivity index (χ0n) is 34.5. The summed E-state index contributed by atoms with van der Waals surface area (Å²) in [4.78, 5) is 37.0. The fourth-order valence-electron chi connectivity index (χ4n) is 5.59. The molecule has 0 fully saturated rings. The average Bonchev–Trinajstić information content (AvgIpc) is 3.12. The number of esters is 2. The number of carbonyl (C=O) groups excluding carboxylic acids is 2. The second-order valence-corrected chi connectivity index (χ2v) is 16.0. The SMILES string of the molecule is CCCCC/C=C\C/C=C\CCCCCCCCCC(=O)OCC(COP(=O)(O)OCCN(C)C)OC(=O)CCCCCCC/C=C\CCCCCC. The molecule has 53 heavy (non-hydrogen) atoms. The molecule has 0 aliphatic rings. The molecule has 9 nitrogen and oxygen atoms in total. The topological polar surface area (TPSA) is 112 Å². The number of allylic oxidation sites excluding steroid dienone is 6. The van der Waals surface area contributed by atoms with Gasteiger partial charge in [-0.05, 0) is 84.7 Å². The first-order chi connectivity index (χ1) is 25.7. The molecule has 0 spiro atoms. The zero-order valence-corrected chi connectivity index (χ0v) is 35.3. The van der Waals surface area contributed by atoms with Crippen molar-refractivity contribution in [1.82, 2.24) is 4.90 Å². The number of phosphoric ester groups is 1. The maximum atomic E-state index is 12.6. The van der Waals surface area contributed by atoms with Gasteiger partial charge in [0.05, 0.1) is 13.2 Å². The fraction of sp³-hybridized carbons (Fsp3) is 0.814. The molecule has 0 bridgehead atoms. The maximum absolute atomic E-state index is 12.6. The van der Waals surface area contributed by atoms with Crippen molar-refractivity contribution in [2.75, 3.05) is 40.5 Å². The van der Waals surface area contributed by atoms with Crippen molar-refractivity contribution in [2.45, 2.75) is 187 Å². The molecule has 0 aromatic carbocycles. The van der Waals surface area contributed by atoms with E-state index in [-0.39, 0.29) is 32.0 Å². The van der Waals surface area contributed by atoms with Crippen LogP contribution >= 0.6 is 7.82 Å². The molecular formula is C43H80NO8P. The molecule has 2 unspecified atom stereocenters. The van der Waals surface area contributed by atoms with Crippen molar-refractivity contribution in [2.24, 2.45) is 0 Å². The number of phosphoric acid groups is 1. The van der Waals surface area contributed by atoms with Gasteiger partial charge in [0.2, 0.25) is 0 Å². The number of ether oxygens (including phenoxy) is 2. The highest BCUT2D eigenvalue weighted by Crippen LogP contribution is 2.43. The minimum absolute atomic E-state index is 0.00423. The summed E-state index contributed by atoms with van der Waals surface area (Å²) in [6.07, 6.45) is 40.4. The van der Waals surface area contributed by atoms with E-state index in [2.05, 4.69) is 50.3 Å². The van der Waals surface area contributed by atoms with Crippen LogP contribution in [-0.2, 0) is 32.7 Å². The predicted molar refractivity (Wildman–Crippen MR) is 220 cm³/mol. The van der Waals surface area contributed by atoms with E-state index >= 15 is 0 Å². The molecule has 0 aromatic heterocycles. The zero-order chi connectivity index (χ0) is 39.1. The molecule has 0 aromatic rings. The third kappa shape index (κ3) is 39.7. The van der Waals surface area contributed by atoms with E-state index in [1.165, 1.54) is 77.0 Å². The molecule has 0 radical (unpaired) electrons. The van der Waals surface area contributed by atoms with Gasteiger partial charge in [-0.25, -0.2) is 4.57 Å². The van der Waals surface area contributed by atoms with Crippen LogP contribution in [0.5, 0.6) is 0 Å². The molecule has 0 rings (SSSR count). The Hall–Kier alpha value is -1.77. The highest BCUT2D eigenvalue weighted by molar-refractivity contribution is 7.47. The van der Waals surface area contributed by atoms with Crippen LogP contribution in [0.25, 0.3) is 0 Å². The number of rotatable bonds is 39. The van der Waals surface area contributed by atoms with Gasteiger partial charge in [-0.2, -0.15) is 0 Å². The lowest BCUT2D eigenvalue weighted by Crippen LogP contribution is -2.29. The molecule has 0 aliphatic heterocycles. The minimum atomic E-state index is -4.36. The van der Waals surface area contributed by atoms with Gasteiger partial charge in [0, 0.05) is 19.4 Å². The van der Waals surface area contributed by atoms with E-state index in [9.17, 15) is 19.0 Å². The largest absolute Gasteiger partial charge is 0.472 e. The van der Waals surface area contributed by atoms with Gasteiger partial charge in [0.25, 0.3) is 0 Å². The Labute approximate surface area is 325 Å². The third-order valence-electron chi connectivity index (χ3n) is 8.92. The van der Waals surface area contributed by atoms with Crippen LogP contribution in [0.4, 0.5) is 0 Å². The maximum Gasteiger partial charge on any atom is 0.472 e. The van der Waals surface area contributed by atoms with E-state index in [1.807, 2.05) is 19.0 Å². The Morgan fingerprint density at radius 2 is 1.02 bits per heavy atom. The first kappa shape index (κ1) is 51.2. The van der Waals surface area contributed by atoms with Crippen molar-refractivity contribution in [3.8, 4) is 0 Å². The third-order valence-corrected chi connectivity index (χ3v) is 9.90. The molecular weight excluding hydrogens is 689 g/mol. The summed E-state index contributed by atoms with van der Waals surface area (Å²) in [7, 11) is -0.719. The summed E-state index contributed by atoms with van der Waals surface area (Å²) in [5.74, 6) is -0.822. The second kappa shape index (κ2) is 38.5. The van der Waals surface area contributed by atoms with Gasteiger partial charge in [-0.3, -0.25) is 18.6 Å². The summed E-state index contributed by atoms with van der Waals surface area (Å²) in [6, 6.07) is 0. The standard InChI is InChI=1S/C43H80NO8P/c1-5-7-9-11-13-15-17-19-20-21-22-24-25-27-29-31-33-35-42(45)49-39-41(40-51-53(47,48)50-38-37-44(3)4)52-43(46)36-34-32-30-28-26-23-18-16-14-12-10-8-6-2/h13,15-16,18-20,41H,5-12,14,17,21-40H2,1-4H3,(H,47,48)/b15-13-,18-16-,20-19-. The van der Waals surface area contributed by atoms with Crippen LogP contribution in [0.15, 0.2) is 36.5 Å². The Morgan fingerprint density at radius 3 is 1.55 bits per heavy atom. The summed E-state index contributed by atoms with van der Waals surface area (Å²) in [5, 5.41) is 0. The van der Waals surface area contributed by atoms with Crippen molar-refractivity contribution in [3.05, 3.63) is 36.5 Å². The highest BCUT2D eigenvalue weighted by Gasteiger charge is 2.26. The normalized spacial score (nSPS) is 13.8. The lowest BCUT2D eigenvalue weighted by Gasteiger charge is -2.20. The number of carbonyl (C=O) groups is 2. The first-order valence-corrected chi connectivity index (χ1v) is 22.8. The van der Waals surface area contributed by atoms with Crippen LogP contribution < -0.4 is 0 Å². The molecule has 0 saturated carbocycles. The van der Waals surface area contributed by atoms with Gasteiger partial charge in [0.1, 0.15) is 6.61 Å². The second-order valence-electron chi connectivity index (χ2n) is 14.5. The lowest BCUT2D eigenvalue weighted by atomic mass is 10.1. The van der Waals surface area contributed by atoms with E-state index in [0.717, 1.165) is 70.6 Å². The molecule has 10 heteroatoms. The summed E-state index contributed by atoms with van der Waals surface area (Å²) < 4.78 is 33.4. The van der Waals surface area contributed by atoms with E-state index < -0.39 is 26.5 Å². The summed E-state index contributed by atoms with van der Waals surface area (Å²) in [6.45, 7) is 4.26. The van der Waals surface area contributed by atoms with Crippen molar-refractivity contribution in [3.63, 3.8) is 0 Å². The number of hydrogen-bond donors (Lipinski definition) is 1. The van der Waals surface area contributed by atoms with Crippen LogP contribution in [0.2, 0.25) is 0 Å². The van der Waals surface area contributed by atoms with Crippen LogP contribution in [-0.4, -0.2) is 68.3 Å². The molecule has 0 amide bonds. The van der Waals surface area contributed by atoms with E-state index in [0.29, 0.717) is 13.0 Å². The molecule has 0 aliphatic carbocycles. The van der Waals surface area contributed by atoms with Crippen LogP contribution in [0.3, 0.4) is 0 Å². The predicted octanol–water partition coefficient (Wildman–Crippen LogP) is 12.0. The quantitative estimate of drug-likeness (QED) is 0.0282. The number of unbranched alkanes of at least 4 members (excludes halogenated alkanes) is 19. The summed E-state index contributed by atoms with van der Waals surface area (Å²) in [5.41, 5.74) is 0. The van der Waals surface area contributed by atoms with Gasteiger partial charge in [0.15, 0.2) is 6.10 Å². The minimum Gasteiger partial charge on any atom is -0.462 e. The molecule has 2 atom stereocenters. The molecule has 310 valence electrons. The number of hydrogen-bond acceptors (Lipinski definition) is 8. The van der Waals surface area contributed by atoms with Crippen molar-refractivity contribution in [1.29, 1.82) is 0 Å². The fourth-order valence-corrected chi connectivity index (χ4v) is 6.33. The molecule has 0 heterocycles. The highest BCUT2D eigenvalue weighted by atomic mass is 31.2. The Balaban J connectivity index is 4.31. The van der Waals surface area contributed by atoms with Crippen LogP contribution in [0, 0.1) is 0 Å². The lowest BCUT2D eigenvalue weighted by molar-refractivity contribution is -0.161. The smallest absolute Gasteiger partial charge is 0.462 e. The van der Waals surface area contributed by atoms with Crippen molar-refractivity contribution < 1.29 is 37.6 Å². The monoisotopic (exact) mass is 770 g/mol. The van der Waals surface area contributed by atoms with Gasteiger partial charge in [-0.15, -0.1) is 0 Å². The Kier molecular flexibility index (Phi) is 37.2.